The van der Waals surface area contributed by atoms with Gasteiger partial charge in [-0.1, -0.05) is 13.8 Å². The average molecular weight is 192 g/mol. The van der Waals surface area contributed by atoms with Crippen molar-refractivity contribution in [2.75, 3.05) is 11.1 Å². The Hall–Kier alpha value is -1.32. The predicted octanol–water partition coefficient (Wildman–Crippen LogP) is 1.44. The number of nitrogen functional groups attached to an aromatic ring is 1. The summed E-state index contributed by atoms with van der Waals surface area (Å²) in [4.78, 5) is 8.21. The average Bonchev–Trinajstić information content (AvgIpc) is 2.82. The molecule has 0 spiro atoms. The zero-order valence-corrected chi connectivity index (χ0v) is 8.62. The molecular weight excluding hydrogens is 176 g/mol. The van der Waals surface area contributed by atoms with E-state index in [1.165, 1.54) is 12.7 Å². The highest BCUT2D eigenvalue weighted by Crippen LogP contribution is 2.33. The zero-order chi connectivity index (χ0) is 10.1. The molecular formula is C10H16N4. The highest BCUT2D eigenvalue weighted by Gasteiger charge is 2.33. The summed E-state index contributed by atoms with van der Waals surface area (Å²) in [6, 6.07) is 0.578. The molecule has 4 heteroatoms. The van der Waals surface area contributed by atoms with Gasteiger partial charge < -0.3 is 11.1 Å². The van der Waals surface area contributed by atoms with Crippen LogP contribution in [0.3, 0.4) is 0 Å². The van der Waals surface area contributed by atoms with Gasteiger partial charge in [-0.2, -0.15) is 0 Å². The number of nitrogens with two attached hydrogens (primary N) is 1. The molecule has 0 amide bonds. The van der Waals surface area contributed by atoms with E-state index in [9.17, 15) is 0 Å². The molecule has 1 saturated carbocycles. The van der Waals surface area contributed by atoms with E-state index < -0.39 is 0 Å². The third kappa shape index (κ3) is 1.64. The van der Waals surface area contributed by atoms with Gasteiger partial charge in [-0.3, -0.25) is 0 Å². The van der Waals surface area contributed by atoms with Gasteiger partial charge >= 0.3 is 0 Å². The summed E-state index contributed by atoms with van der Waals surface area (Å²) in [7, 11) is 0. The summed E-state index contributed by atoms with van der Waals surface area (Å²) in [6.07, 6.45) is 3.62. The maximum absolute atomic E-state index is 5.77. The van der Waals surface area contributed by atoms with Crippen LogP contribution >= 0.6 is 0 Å². The van der Waals surface area contributed by atoms with Crippen LogP contribution in [0.4, 0.5) is 11.6 Å². The molecule has 2 unspecified atom stereocenters. The molecule has 3 N–H and O–H groups in total. The number of nitrogens with one attached hydrogen (secondary N) is 1. The van der Waals surface area contributed by atoms with Crippen LogP contribution in [-0.2, 0) is 6.42 Å². The molecule has 1 heterocycles. The van der Waals surface area contributed by atoms with Crippen LogP contribution in [0.2, 0.25) is 0 Å². The highest BCUT2D eigenvalue weighted by atomic mass is 15.1. The first-order chi connectivity index (χ1) is 6.72. The highest BCUT2D eigenvalue weighted by molar-refractivity contribution is 5.55. The fourth-order valence-corrected chi connectivity index (χ4v) is 1.60. The van der Waals surface area contributed by atoms with Crippen LogP contribution in [0.5, 0.6) is 0 Å². The van der Waals surface area contributed by atoms with Gasteiger partial charge in [-0.25, -0.2) is 9.97 Å². The molecule has 14 heavy (non-hydrogen) atoms. The van der Waals surface area contributed by atoms with Crippen LogP contribution < -0.4 is 11.1 Å². The minimum absolute atomic E-state index is 0.578. The van der Waals surface area contributed by atoms with Crippen LogP contribution in [0.25, 0.3) is 0 Å². The Morgan fingerprint density at radius 2 is 2.29 bits per heavy atom. The molecule has 2 rings (SSSR count). The standard InChI is InChI=1S/C10H16N4/c1-3-7-9(11)12-5-13-10(7)14-8-4-6(8)2/h5-6,8H,3-4H2,1-2H3,(H3,11,12,13,14). The van der Waals surface area contributed by atoms with E-state index >= 15 is 0 Å². The van der Waals surface area contributed by atoms with Gasteiger partial charge in [0.05, 0.1) is 0 Å². The van der Waals surface area contributed by atoms with E-state index in [1.807, 2.05) is 0 Å². The number of rotatable bonds is 3. The van der Waals surface area contributed by atoms with Gasteiger partial charge in [0, 0.05) is 11.6 Å². The smallest absolute Gasteiger partial charge is 0.134 e. The second kappa shape index (κ2) is 3.44. The monoisotopic (exact) mass is 192 g/mol. The summed E-state index contributed by atoms with van der Waals surface area (Å²) in [5.74, 6) is 2.27. The fourth-order valence-electron chi connectivity index (χ4n) is 1.60. The first-order valence-electron chi connectivity index (χ1n) is 5.08. The number of hydrogen-bond donors (Lipinski definition) is 2. The molecule has 0 radical (unpaired) electrons. The van der Waals surface area contributed by atoms with E-state index in [0.717, 1.165) is 23.7 Å². The van der Waals surface area contributed by atoms with E-state index in [4.69, 9.17) is 5.73 Å². The summed E-state index contributed by atoms with van der Waals surface area (Å²) >= 11 is 0. The lowest BCUT2D eigenvalue weighted by atomic mass is 10.2. The van der Waals surface area contributed by atoms with Gasteiger partial charge in [0.15, 0.2) is 0 Å². The molecule has 0 aromatic carbocycles. The van der Waals surface area contributed by atoms with Crippen molar-refractivity contribution < 1.29 is 0 Å². The molecule has 4 nitrogen and oxygen atoms in total. The first kappa shape index (κ1) is 9.24. The van der Waals surface area contributed by atoms with Crippen LogP contribution in [0, 0.1) is 5.92 Å². The van der Waals surface area contributed by atoms with Crippen molar-refractivity contribution in [1.82, 2.24) is 9.97 Å². The summed E-state index contributed by atoms with van der Waals surface area (Å²) < 4.78 is 0. The Kier molecular flexibility index (Phi) is 2.27. The number of aromatic nitrogens is 2. The Morgan fingerprint density at radius 3 is 2.86 bits per heavy atom. The van der Waals surface area contributed by atoms with Crippen molar-refractivity contribution in [2.45, 2.75) is 32.7 Å². The third-order valence-corrected chi connectivity index (χ3v) is 2.76. The fraction of sp³-hybridized carbons (Fsp3) is 0.600. The number of hydrogen-bond acceptors (Lipinski definition) is 4. The van der Waals surface area contributed by atoms with Gasteiger partial charge in [0.25, 0.3) is 0 Å². The van der Waals surface area contributed by atoms with E-state index in [2.05, 4.69) is 29.1 Å². The largest absolute Gasteiger partial charge is 0.383 e. The number of anilines is 2. The second-order valence-corrected chi connectivity index (χ2v) is 3.90. The van der Waals surface area contributed by atoms with Crippen molar-refractivity contribution >= 4 is 11.6 Å². The Bertz CT molecular complexity index is 337. The second-order valence-electron chi connectivity index (χ2n) is 3.90. The van der Waals surface area contributed by atoms with E-state index in [-0.39, 0.29) is 0 Å². The molecule has 1 aliphatic carbocycles. The normalized spacial score (nSPS) is 24.7. The molecule has 1 aliphatic rings. The van der Waals surface area contributed by atoms with Crippen molar-refractivity contribution in [1.29, 1.82) is 0 Å². The molecule has 0 bridgehead atoms. The van der Waals surface area contributed by atoms with Gasteiger partial charge in [-0.05, 0) is 18.8 Å². The first-order valence-corrected chi connectivity index (χ1v) is 5.08. The van der Waals surface area contributed by atoms with Crippen molar-refractivity contribution in [3.05, 3.63) is 11.9 Å². The van der Waals surface area contributed by atoms with Gasteiger partial charge in [0.1, 0.15) is 18.0 Å². The van der Waals surface area contributed by atoms with E-state index in [0.29, 0.717) is 11.9 Å². The zero-order valence-electron chi connectivity index (χ0n) is 8.62. The molecule has 1 fully saturated rings. The van der Waals surface area contributed by atoms with Crippen molar-refractivity contribution in [2.24, 2.45) is 5.92 Å². The third-order valence-electron chi connectivity index (χ3n) is 2.76. The van der Waals surface area contributed by atoms with Crippen molar-refractivity contribution in [3.63, 3.8) is 0 Å². The maximum Gasteiger partial charge on any atom is 0.134 e. The Morgan fingerprint density at radius 1 is 1.57 bits per heavy atom. The van der Waals surface area contributed by atoms with E-state index in [1.54, 1.807) is 0 Å². The quantitative estimate of drug-likeness (QED) is 0.760. The minimum Gasteiger partial charge on any atom is -0.383 e. The van der Waals surface area contributed by atoms with Crippen LogP contribution in [-0.4, -0.2) is 16.0 Å². The van der Waals surface area contributed by atoms with Crippen LogP contribution in [0.15, 0.2) is 6.33 Å². The minimum atomic E-state index is 0.578. The Labute approximate surface area is 83.9 Å². The molecule has 1 aromatic heterocycles. The summed E-state index contributed by atoms with van der Waals surface area (Å²) in [5.41, 5.74) is 6.81. The van der Waals surface area contributed by atoms with Gasteiger partial charge in [0.2, 0.25) is 0 Å². The molecule has 2 atom stereocenters. The predicted molar refractivity (Wildman–Crippen MR) is 57.0 cm³/mol. The molecule has 0 aliphatic heterocycles. The van der Waals surface area contributed by atoms with Gasteiger partial charge in [-0.15, -0.1) is 0 Å². The number of nitrogens with zero attached hydrogens (tertiary/aromatic N) is 2. The topological polar surface area (TPSA) is 63.8 Å². The lowest BCUT2D eigenvalue weighted by molar-refractivity contribution is 0.915. The SMILES string of the molecule is CCc1c(N)ncnc1NC1CC1C. The summed E-state index contributed by atoms with van der Waals surface area (Å²) in [6.45, 7) is 4.30. The summed E-state index contributed by atoms with van der Waals surface area (Å²) in [5, 5.41) is 3.39. The molecule has 1 aromatic rings. The molecule has 76 valence electrons. The maximum atomic E-state index is 5.77. The lowest BCUT2D eigenvalue weighted by Crippen LogP contribution is -2.10. The van der Waals surface area contributed by atoms with Crippen molar-refractivity contribution in [3.8, 4) is 0 Å². The Balaban J connectivity index is 2.19. The lowest BCUT2D eigenvalue weighted by Gasteiger charge is -2.10. The molecule has 0 saturated heterocycles. The van der Waals surface area contributed by atoms with Crippen LogP contribution in [0.1, 0.15) is 25.8 Å².